The Balaban J connectivity index is 2.70. The van der Waals surface area contributed by atoms with Gasteiger partial charge in [0.2, 0.25) is 0 Å². The normalized spacial score (nSPS) is 12.4. The first-order valence-electron chi connectivity index (χ1n) is 4.23. The lowest BCUT2D eigenvalue weighted by molar-refractivity contribution is -0.116. The van der Waals surface area contributed by atoms with Gasteiger partial charge in [-0.25, -0.2) is 4.39 Å². The molecule has 0 aliphatic heterocycles. The Kier molecular flexibility index (Phi) is 3.95. The van der Waals surface area contributed by atoms with Gasteiger partial charge < -0.3 is 0 Å². The van der Waals surface area contributed by atoms with E-state index in [1.165, 1.54) is 19.1 Å². The van der Waals surface area contributed by atoms with Crippen molar-refractivity contribution in [1.29, 1.82) is 0 Å². The molecule has 0 N–H and O–H groups in total. The molecule has 0 fully saturated rings. The molecule has 1 aromatic carbocycles. The van der Waals surface area contributed by atoms with Crippen molar-refractivity contribution in [1.82, 2.24) is 0 Å². The van der Waals surface area contributed by atoms with Crippen molar-refractivity contribution >= 4 is 16.6 Å². The Hall–Kier alpha value is -1.03. The zero-order valence-corrected chi connectivity index (χ0v) is 8.64. The minimum Gasteiger partial charge on any atom is -0.300 e. The summed E-state index contributed by atoms with van der Waals surface area (Å²) in [5, 5.41) is 0. The predicted octanol–water partition coefficient (Wildman–Crippen LogP) is 1.91. The minimum absolute atomic E-state index is 0.0327. The van der Waals surface area contributed by atoms with Crippen LogP contribution in [0.2, 0.25) is 0 Å². The van der Waals surface area contributed by atoms with Crippen LogP contribution in [0.15, 0.2) is 29.2 Å². The van der Waals surface area contributed by atoms with Gasteiger partial charge in [0.05, 0.1) is 15.7 Å². The van der Waals surface area contributed by atoms with Gasteiger partial charge in [-0.3, -0.25) is 9.00 Å². The van der Waals surface area contributed by atoms with Gasteiger partial charge in [-0.05, 0) is 19.1 Å². The number of benzene rings is 1. The highest BCUT2D eigenvalue weighted by atomic mass is 32.2. The molecule has 1 unspecified atom stereocenters. The molecule has 0 saturated carbocycles. The summed E-state index contributed by atoms with van der Waals surface area (Å²) >= 11 is 0. The standard InChI is InChI=1S/C10H11FO2S/c1-8(12)6-7-14(13)10-5-3-2-4-9(10)11/h2-5H,6-7H2,1H3. The van der Waals surface area contributed by atoms with E-state index in [1.54, 1.807) is 12.1 Å². The summed E-state index contributed by atoms with van der Waals surface area (Å²) in [7, 11) is -1.41. The maximum atomic E-state index is 13.1. The van der Waals surface area contributed by atoms with Crippen LogP contribution in [-0.4, -0.2) is 15.7 Å². The largest absolute Gasteiger partial charge is 0.300 e. The first-order chi connectivity index (χ1) is 6.61. The van der Waals surface area contributed by atoms with E-state index in [4.69, 9.17) is 0 Å². The van der Waals surface area contributed by atoms with Crippen LogP contribution < -0.4 is 0 Å². The van der Waals surface area contributed by atoms with Crippen molar-refractivity contribution in [3.8, 4) is 0 Å². The Morgan fingerprint density at radius 2 is 2.07 bits per heavy atom. The lowest BCUT2D eigenvalue weighted by Crippen LogP contribution is -2.04. The van der Waals surface area contributed by atoms with E-state index in [0.29, 0.717) is 0 Å². The molecule has 0 aliphatic rings. The highest BCUT2D eigenvalue weighted by Gasteiger charge is 2.09. The number of hydrogen-bond donors (Lipinski definition) is 0. The Morgan fingerprint density at radius 3 is 2.64 bits per heavy atom. The molecule has 2 nitrogen and oxygen atoms in total. The Labute approximate surface area is 84.6 Å². The summed E-state index contributed by atoms with van der Waals surface area (Å²) < 4.78 is 24.6. The van der Waals surface area contributed by atoms with Gasteiger partial charge >= 0.3 is 0 Å². The molecule has 0 amide bonds. The maximum absolute atomic E-state index is 13.1. The second kappa shape index (κ2) is 5.00. The van der Waals surface area contributed by atoms with Crippen LogP contribution in [0.4, 0.5) is 4.39 Å². The second-order valence-corrected chi connectivity index (χ2v) is 4.47. The molecular weight excluding hydrogens is 203 g/mol. The Morgan fingerprint density at radius 1 is 1.43 bits per heavy atom. The molecule has 0 saturated heterocycles. The molecule has 1 aromatic rings. The van der Waals surface area contributed by atoms with E-state index in [1.807, 2.05) is 0 Å². The molecule has 0 bridgehead atoms. The molecule has 0 aromatic heterocycles. The number of ketones is 1. The van der Waals surface area contributed by atoms with Gasteiger partial charge in [0.25, 0.3) is 0 Å². The van der Waals surface area contributed by atoms with Crippen LogP contribution in [0, 0.1) is 5.82 Å². The molecule has 0 aliphatic carbocycles. The number of Topliss-reactive ketones (excluding diaryl/α,β-unsaturated/α-hetero) is 1. The van der Waals surface area contributed by atoms with Crippen LogP contribution in [0.25, 0.3) is 0 Å². The lowest BCUT2D eigenvalue weighted by Gasteiger charge is -2.01. The van der Waals surface area contributed by atoms with Crippen molar-refractivity contribution in [2.75, 3.05) is 5.75 Å². The van der Waals surface area contributed by atoms with Crippen LogP contribution in [0.1, 0.15) is 13.3 Å². The third kappa shape index (κ3) is 3.03. The number of hydrogen-bond acceptors (Lipinski definition) is 2. The van der Waals surface area contributed by atoms with Crippen LogP contribution in [-0.2, 0) is 15.6 Å². The quantitative estimate of drug-likeness (QED) is 0.767. The first kappa shape index (κ1) is 11.0. The Bertz CT molecular complexity index is 363. The maximum Gasteiger partial charge on any atom is 0.139 e. The van der Waals surface area contributed by atoms with Gasteiger partial charge in [-0.2, -0.15) is 0 Å². The summed E-state index contributed by atoms with van der Waals surface area (Å²) in [6.07, 6.45) is 0.223. The number of halogens is 1. The van der Waals surface area contributed by atoms with E-state index < -0.39 is 16.6 Å². The van der Waals surface area contributed by atoms with E-state index in [9.17, 15) is 13.4 Å². The zero-order chi connectivity index (χ0) is 10.6. The average molecular weight is 214 g/mol. The smallest absolute Gasteiger partial charge is 0.139 e. The molecule has 0 spiro atoms. The summed E-state index contributed by atoms with van der Waals surface area (Å²) in [4.78, 5) is 10.8. The number of rotatable bonds is 4. The summed E-state index contributed by atoms with van der Waals surface area (Å²) in [6, 6.07) is 5.91. The molecule has 0 radical (unpaired) electrons. The molecular formula is C10H11FO2S. The number of carbonyl (C=O) groups is 1. The predicted molar refractivity (Wildman–Crippen MR) is 53.0 cm³/mol. The second-order valence-electron chi connectivity index (χ2n) is 2.93. The summed E-state index contributed by atoms with van der Waals surface area (Å²) in [6.45, 7) is 1.43. The van der Waals surface area contributed by atoms with Crippen molar-refractivity contribution in [3.63, 3.8) is 0 Å². The van der Waals surface area contributed by atoms with Gasteiger partial charge in [-0.1, -0.05) is 12.1 Å². The lowest BCUT2D eigenvalue weighted by atomic mass is 10.3. The fraction of sp³-hybridized carbons (Fsp3) is 0.300. The fourth-order valence-corrected chi connectivity index (χ4v) is 2.18. The van der Waals surface area contributed by atoms with E-state index in [0.717, 1.165) is 0 Å². The molecule has 0 heterocycles. The van der Waals surface area contributed by atoms with E-state index in [-0.39, 0.29) is 22.9 Å². The van der Waals surface area contributed by atoms with Crippen molar-refractivity contribution in [3.05, 3.63) is 30.1 Å². The fourth-order valence-electron chi connectivity index (χ4n) is 0.976. The van der Waals surface area contributed by atoms with Gasteiger partial charge in [0, 0.05) is 12.2 Å². The first-order valence-corrected chi connectivity index (χ1v) is 5.55. The molecule has 1 atom stereocenters. The number of carbonyl (C=O) groups excluding carboxylic acids is 1. The highest BCUT2D eigenvalue weighted by molar-refractivity contribution is 7.85. The third-order valence-electron chi connectivity index (χ3n) is 1.72. The van der Waals surface area contributed by atoms with Gasteiger partial charge in [0.1, 0.15) is 11.6 Å². The molecule has 4 heteroatoms. The molecule has 1 rings (SSSR count). The third-order valence-corrected chi connectivity index (χ3v) is 3.12. The molecule has 76 valence electrons. The van der Waals surface area contributed by atoms with Crippen LogP contribution in [0.3, 0.4) is 0 Å². The summed E-state index contributed by atoms with van der Waals surface area (Å²) in [5.74, 6) is -0.319. The monoisotopic (exact) mass is 214 g/mol. The van der Waals surface area contributed by atoms with E-state index >= 15 is 0 Å². The SMILES string of the molecule is CC(=O)CCS(=O)c1ccccc1F. The zero-order valence-electron chi connectivity index (χ0n) is 7.83. The topological polar surface area (TPSA) is 34.1 Å². The van der Waals surface area contributed by atoms with Gasteiger partial charge in [0.15, 0.2) is 0 Å². The van der Waals surface area contributed by atoms with Crippen LogP contribution >= 0.6 is 0 Å². The van der Waals surface area contributed by atoms with Gasteiger partial charge in [-0.15, -0.1) is 0 Å². The van der Waals surface area contributed by atoms with Crippen molar-refractivity contribution < 1.29 is 13.4 Å². The highest BCUT2D eigenvalue weighted by Crippen LogP contribution is 2.12. The van der Waals surface area contributed by atoms with Crippen molar-refractivity contribution in [2.45, 2.75) is 18.2 Å². The minimum atomic E-state index is -1.41. The average Bonchev–Trinajstić information content (AvgIpc) is 2.15. The van der Waals surface area contributed by atoms with E-state index in [2.05, 4.69) is 0 Å². The van der Waals surface area contributed by atoms with Crippen molar-refractivity contribution in [2.24, 2.45) is 0 Å². The van der Waals surface area contributed by atoms with Crippen LogP contribution in [0.5, 0.6) is 0 Å². The summed E-state index contributed by atoms with van der Waals surface area (Å²) in [5.41, 5.74) is 0. The molecule has 14 heavy (non-hydrogen) atoms.